The number of rotatable bonds is 2. The normalized spacial score (nSPS) is 10.8. The second-order valence-corrected chi connectivity index (χ2v) is 2.74. The molecule has 70 valence electrons. The highest BCUT2D eigenvalue weighted by Crippen LogP contribution is 2.37. The van der Waals surface area contributed by atoms with Crippen molar-refractivity contribution < 1.29 is 15.3 Å². The van der Waals surface area contributed by atoms with Gasteiger partial charge in [-0.05, 0) is 12.1 Å². The molecule has 0 unspecified atom stereocenters. The van der Waals surface area contributed by atoms with Gasteiger partial charge in [0.15, 0.2) is 11.5 Å². The summed E-state index contributed by atoms with van der Waals surface area (Å²) in [6.45, 7) is 0. The first-order valence-electron chi connectivity index (χ1n) is 3.63. The second-order valence-electron chi connectivity index (χ2n) is 2.43. The maximum Gasteiger partial charge on any atom is 0.200 e. The molecule has 13 heavy (non-hydrogen) atoms. The van der Waals surface area contributed by atoms with E-state index in [2.05, 4.69) is 0 Å². The molecule has 1 aromatic carbocycles. The van der Waals surface area contributed by atoms with Crippen molar-refractivity contribution >= 4 is 17.7 Å². The molecule has 0 fully saturated rings. The third kappa shape index (κ3) is 2.06. The first-order chi connectivity index (χ1) is 6.16. The molecular formula is C9H9ClO3. The van der Waals surface area contributed by atoms with E-state index in [0.29, 0.717) is 11.4 Å². The van der Waals surface area contributed by atoms with Crippen LogP contribution in [-0.4, -0.2) is 21.2 Å². The molecule has 1 rings (SSSR count). The zero-order valence-corrected chi connectivity index (χ0v) is 7.49. The Morgan fingerprint density at radius 1 is 1.15 bits per heavy atom. The topological polar surface area (TPSA) is 60.7 Å². The highest BCUT2D eigenvalue weighted by atomic mass is 35.5. The van der Waals surface area contributed by atoms with Crippen LogP contribution >= 0.6 is 11.6 Å². The Kier molecular flexibility index (Phi) is 3.03. The van der Waals surface area contributed by atoms with Crippen LogP contribution in [0.5, 0.6) is 17.2 Å². The number of aromatic hydroxyl groups is 3. The van der Waals surface area contributed by atoms with Gasteiger partial charge in [-0.1, -0.05) is 12.2 Å². The van der Waals surface area contributed by atoms with Gasteiger partial charge in [0.1, 0.15) is 0 Å². The maximum absolute atomic E-state index is 9.30. The summed E-state index contributed by atoms with van der Waals surface area (Å²) in [4.78, 5) is 0. The van der Waals surface area contributed by atoms with Gasteiger partial charge in [-0.15, -0.1) is 11.6 Å². The van der Waals surface area contributed by atoms with Crippen LogP contribution in [0.1, 0.15) is 5.56 Å². The number of halogens is 1. The number of alkyl halides is 1. The Morgan fingerprint density at radius 2 is 1.85 bits per heavy atom. The molecule has 4 heteroatoms. The van der Waals surface area contributed by atoms with Crippen molar-refractivity contribution in [3.63, 3.8) is 0 Å². The standard InChI is InChI=1S/C9H9ClO3/c10-5-1-2-6-3-4-7(11)9(13)8(6)12/h1-4,11-13H,5H2. The van der Waals surface area contributed by atoms with Gasteiger partial charge in [0.25, 0.3) is 0 Å². The van der Waals surface area contributed by atoms with Crippen LogP contribution in [0, 0.1) is 0 Å². The number of benzene rings is 1. The van der Waals surface area contributed by atoms with E-state index in [9.17, 15) is 5.11 Å². The third-order valence-electron chi connectivity index (χ3n) is 1.55. The Bertz CT molecular complexity index is 334. The van der Waals surface area contributed by atoms with Crippen LogP contribution in [0.25, 0.3) is 6.08 Å². The molecular weight excluding hydrogens is 192 g/mol. The minimum absolute atomic E-state index is 0.321. The molecule has 0 aliphatic rings. The average molecular weight is 201 g/mol. The van der Waals surface area contributed by atoms with E-state index in [4.69, 9.17) is 21.8 Å². The predicted octanol–water partition coefficient (Wildman–Crippen LogP) is 2.06. The van der Waals surface area contributed by atoms with Crippen molar-refractivity contribution in [2.45, 2.75) is 0 Å². The lowest BCUT2D eigenvalue weighted by Gasteiger charge is -2.03. The molecule has 0 radical (unpaired) electrons. The van der Waals surface area contributed by atoms with E-state index in [1.54, 1.807) is 12.2 Å². The fourth-order valence-electron chi connectivity index (χ4n) is 0.891. The number of phenols is 3. The SMILES string of the molecule is Oc1ccc(C=CCCl)c(O)c1O. The van der Waals surface area contributed by atoms with Crippen LogP contribution in [0.2, 0.25) is 0 Å². The van der Waals surface area contributed by atoms with Gasteiger partial charge in [-0.2, -0.15) is 0 Å². The Labute approximate surface area is 80.5 Å². The molecule has 0 spiro atoms. The minimum atomic E-state index is -0.517. The summed E-state index contributed by atoms with van der Waals surface area (Å²) in [7, 11) is 0. The molecule has 0 aliphatic heterocycles. The van der Waals surface area contributed by atoms with Crippen molar-refractivity contribution in [3.8, 4) is 17.2 Å². The van der Waals surface area contributed by atoms with E-state index in [1.807, 2.05) is 0 Å². The van der Waals surface area contributed by atoms with Gasteiger partial charge < -0.3 is 15.3 Å². The lowest BCUT2D eigenvalue weighted by Crippen LogP contribution is -1.77. The zero-order chi connectivity index (χ0) is 9.84. The fraction of sp³-hybridized carbons (Fsp3) is 0.111. The molecule has 1 aromatic rings. The molecule has 0 amide bonds. The van der Waals surface area contributed by atoms with Crippen molar-refractivity contribution in [1.82, 2.24) is 0 Å². The summed E-state index contributed by atoms with van der Waals surface area (Å²) in [5, 5.41) is 27.4. The van der Waals surface area contributed by atoms with Crippen molar-refractivity contribution in [1.29, 1.82) is 0 Å². The summed E-state index contributed by atoms with van der Waals surface area (Å²) in [6.07, 6.45) is 3.18. The van der Waals surface area contributed by atoms with Gasteiger partial charge in [0.2, 0.25) is 5.75 Å². The maximum atomic E-state index is 9.30. The Morgan fingerprint density at radius 3 is 2.46 bits per heavy atom. The second kappa shape index (κ2) is 4.05. The average Bonchev–Trinajstić information content (AvgIpc) is 2.13. The summed E-state index contributed by atoms with van der Waals surface area (Å²) in [5.41, 5.74) is 0.413. The largest absolute Gasteiger partial charge is 0.504 e. The van der Waals surface area contributed by atoms with Gasteiger partial charge >= 0.3 is 0 Å². The van der Waals surface area contributed by atoms with Crippen LogP contribution < -0.4 is 0 Å². The van der Waals surface area contributed by atoms with Crippen LogP contribution in [-0.2, 0) is 0 Å². The Balaban J connectivity index is 3.11. The fourth-order valence-corrected chi connectivity index (χ4v) is 0.980. The van der Waals surface area contributed by atoms with E-state index >= 15 is 0 Å². The Hall–Kier alpha value is -1.35. The van der Waals surface area contributed by atoms with E-state index in [1.165, 1.54) is 12.1 Å². The molecule has 0 heterocycles. The lowest BCUT2D eigenvalue weighted by atomic mass is 10.1. The smallest absolute Gasteiger partial charge is 0.200 e. The van der Waals surface area contributed by atoms with Gasteiger partial charge in [0.05, 0.1) is 0 Å². The number of allylic oxidation sites excluding steroid dienone is 1. The third-order valence-corrected chi connectivity index (χ3v) is 1.73. The van der Waals surface area contributed by atoms with Crippen molar-refractivity contribution in [3.05, 3.63) is 23.8 Å². The summed E-state index contributed by atoms with van der Waals surface area (Å²) >= 11 is 5.39. The monoisotopic (exact) mass is 200 g/mol. The van der Waals surface area contributed by atoms with Gasteiger partial charge in [-0.25, -0.2) is 0 Å². The van der Waals surface area contributed by atoms with E-state index < -0.39 is 5.75 Å². The number of hydrogen-bond donors (Lipinski definition) is 3. The van der Waals surface area contributed by atoms with Crippen LogP contribution in [0.4, 0.5) is 0 Å². The quantitative estimate of drug-likeness (QED) is 0.506. The summed E-state index contributed by atoms with van der Waals surface area (Å²) < 4.78 is 0. The zero-order valence-electron chi connectivity index (χ0n) is 6.74. The van der Waals surface area contributed by atoms with E-state index in [0.717, 1.165) is 0 Å². The molecule has 3 nitrogen and oxygen atoms in total. The molecule has 0 saturated carbocycles. The predicted molar refractivity (Wildman–Crippen MR) is 51.2 cm³/mol. The molecule has 0 atom stereocenters. The number of hydrogen-bond acceptors (Lipinski definition) is 3. The summed E-state index contributed by atoms with van der Waals surface area (Å²) in [6, 6.07) is 2.77. The highest BCUT2D eigenvalue weighted by Gasteiger charge is 2.07. The molecule has 0 aromatic heterocycles. The van der Waals surface area contributed by atoms with Crippen LogP contribution in [0.3, 0.4) is 0 Å². The van der Waals surface area contributed by atoms with Crippen molar-refractivity contribution in [2.75, 3.05) is 5.88 Å². The molecule has 3 N–H and O–H groups in total. The van der Waals surface area contributed by atoms with E-state index in [-0.39, 0.29) is 11.5 Å². The number of phenolic OH excluding ortho intramolecular Hbond substituents is 3. The first-order valence-corrected chi connectivity index (χ1v) is 4.16. The molecule has 0 saturated heterocycles. The molecule has 0 aliphatic carbocycles. The minimum Gasteiger partial charge on any atom is -0.504 e. The van der Waals surface area contributed by atoms with Crippen LogP contribution in [0.15, 0.2) is 18.2 Å². The van der Waals surface area contributed by atoms with Gasteiger partial charge in [0, 0.05) is 11.4 Å². The van der Waals surface area contributed by atoms with Crippen molar-refractivity contribution in [2.24, 2.45) is 0 Å². The lowest BCUT2D eigenvalue weighted by molar-refractivity contribution is 0.367. The first kappa shape index (κ1) is 9.74. The summed E-state index contributed by atoms with van der Waals surface area (Å²) in [5.74, 6) is -0.889. The highest BCUT2D eigenvalue weighted by molar-refractivity contribution is 6.19. The molecule has 0 bridgehead atoms. The van der Waals surface area contributed by atoms with Gasteiger partial charge in [-0.3, -0.25) is 0 Å².